The van der Waals surface area contributed by atoms with Crippen LogP contribution >= 0.6 is 7.92 Å². The van der Waals surface area contributed by atoms with Gasteiger partial charge in [0.25, 0.3) is 0 Å². The fraction of sp³-hybridized carbons (Fsp3) is 0.613. The Hall–Kier alpha value is -0.668. The minimum atomic E-state index is -0.534. The molecule has 0 aliphatic rings. The van der Waals surface area contributed by atoms with Gasteiger partial charge in [-0.15, -0.1) is 0 Å². The van der Waals surface area contributed by atoms with E-state index in [0.29, 0.717) is 17.8 Å². The van der Waals surface area contributed by atoms with Crippen LogP contribution in [0.15, 0.2) is 24.3 Å². The van der Waals surface area contributed by atoms with Gasteiger partial charge in [0.15, 0.2) is 0 Å². The number of hydrogen-bond acceptors (Lipinski definition) is 1. The molecule has 0 atom stereocenters. The fourth-order valence-electron chi connectivity index (χ4n) is 5.30. The largest absolute Gasteiger partial charge is 0.496 e. The first kappa shape index (κ1) is 31.4. The zero-order chi connectivity index (χ0) is 25.5. The van der Waals surface area contributed by atoms with E-state index in [4.69, 9.17) is 4.74 Å². The van der Waals surface area contributed by atoms with Crippen LogP contribution in [0.5, 0.6) is 5.75 Å². The van der Waals surface area contributed by atoms with Gasteiger partial charge >= 0.3 is 0 Å². The summed E-state index contributed by atoms with van der Waals surface area (Å²) in [5.41, 5.74) is 8.63. The molecule has 0 saturated carbocycles. The van der Waals surface area contributed by atoms with Gasteiger partial charge in [-0.05, 0) is 74.4 Å². The van der Waals surface area contributed by atoms with Crippen LogP contribution in [0.3, 0.4) is 0 Å². The second kappa shape index (κ2) is 11.6. The molecule has 34 heavy (non-hydrogen) atoms. The zero-order valence-electron chi connectivity index (χ0n) is 24.2. The van der Waals surface area contributed by atoms with Crippen molar-refractivity contribution in [2.24, 2.45) is 0 Å². The third kappa shape index (κ3) is 6.55. The monoisotopic (exact) mass is 574 g/mol. The number of rotatable bonds is 6. The average Bonchev–Trinajstić information content (AvgIpc) is 2.65. The summed E-state index contributed by atoms with van der Waals surface area (Å²) in [5.74, 6) is 2.46. The summed E-state index contributed by atoms with van der Waals surface area (Å²) in [6, 6.07) is 9.43. The molecule has 194 valence electrons. The molecule has 0 aliphatic heterocycles. The zero-order valence-corrected chi connectivity index (χ0v) is 26.7. The van der Waals surface area contributed by atoms with Crippen LogP contribution in [0.2, 0.25) is 0 Å². The van der Waals surface area contributed by atoms with Crippen molar-refractivity contribution < 1.29 is 25.2 Å². The van der Waals surface area contributed by atoms with E-state index in [2.05, 4.69) is 114 Å². The predicted octanol–water partition coefficient (Wildman–Crippen LogP) is 9.74. The summed E-state index contributed by atoms with van der Waals surface area (Å²) in [4.78, 5) is 0. The van der Waals surface area contributed by atoms with Crippen LogP contribution in [0.25, 0.3) is 11.1 Å². The Kier molecular flexibility index (Phi) is 10.7. The minimum Gasteiger partial charge on any atom is -0.496 e. The van der Waals surface area contributed by atoms with Gasteiger partial charge in [0.1, 0.15) is 5.75 Å². The molecule has 0 aromatic heterocycles. The predicted molar refractivity (Wildman–Crippen MR) is 151 cm³/mol. The van der Waals surface area contributed by atoms with Gasteiger partial charge in [0.05, 0.1) is 7.11 Å². The van der Waals surface area contributed by atoms with Crippen LogP contribution in [0.1, 0.15) is 123 Å². The first-order chi connectivity index (χ1) is 15.0. The molecular weight excluding hydrogens is 526 g/mol. The third-order valence-corrected chi connectivity index (χ3v) is 10.1. The SMILES string of the molecule is COc1ccc(C)c(-c2c(C(C)C)cc(C(C)C)cc2C(C)C)c1P(C(C)(C)C)C(C)(C)C.[Pd]. The van der Waals surface area contributed by atoms with E-state index in [1.807, 2.05) is 7.11 Å². The fourth-order valence-corrected chi connectivity index (χ4v) is 9.55. The van der Waals surface area contributed by atoms with Crippen LogP contribution in [0.4, 0.5) is 0 Å². The standard InChI is InChI=1S/C31H49OP.Pd/c1-19(2)23-17-24(20(3)4)28(25(18-23)21(5)6)27-22(7)15-16-26(32-14)29(27)33(30(8,9)10)31(11,12)13;/h15-21H,1-14H3;. The summed E-state index contributed by atoms with van der Waals surface area (Å²) < 4.78 is 6.11. The van der Waals surface area contributed by atoms with E-state index in [0.717, 1.165) is 5.75 Å². The maximum Gasteiger partial charge on any atom is 0.127 e. The van der Waals surface area contributed by atoms with Crippen molar-refractivity contribution in [2.45, 2.75) is 118 Å². The summed E-state index contributed by atoms with van der Waals surface area (Å²) in [7, 11) is 1.31. The number of methoxy groups -OCH3 is 1. The van der Waals surface area contributed by atoms with Crippen molar-refractivity contribution in [1.29, 1.82) is 0 Å². The van der Waals surface area contributed by atoms with Gasteiger partial charge in [-0.3, -0.25) is 0 Å². The van der Waals surface area contributed by atoms with E-state index in [1.54, 1.807) is 0 Å². The molecule has 0 heterocycles. The Morgan fingerprint density at radius 3 is 1.47 bits per heavy atom. The Bertz CT molecular complexity index is 931. The van der Waals surface area contributed by atoms with E-state index in [-0.39, 0.29) is 30.7 Å². The third-order valence-electron chi connectivity index (χ3n) is 6.52. The summed E-state index contributed by atoms with van der Waals surface area (Å²) >= 11 is 0. The smallest absolute Gasteiger partial charge is 0.127 e. The van der Waals surface area contributed by atoms with Crippen LogP contribution < -0.4 is 10.0 Å². The molecule has 0 fully saturated rings. The van der Waals surface area contributed by atoms with Crippen molar-refractivity contribution in [2.75, 3.05) is 7.11 Å². The number of ether oxygens (including phenoxy) is 1. The van der Waals surface area contributed by atoms with Crippen LogP contribution in [-0.4, -0.2) is 17.4 Å². The number of benzene rings is 2. The maximum atomic E-state index is 6.11. The first-order valence-corrected chi connectivity index (χ1v) is 14.0. The molecule has 2 rings (SSSR count). The van der Waals surface area contributed by atoms with E-state index >= 15 is 0 Å². The molecule has 0 N–H and O–H groups in total. The molecule has 3 heteroatoms. The molecule has 0 spiro atoms. The Morgan fingerprint density at radius 1 is 0.706 bits per heavy atom. The summed E-state index contributed by atoms with van der Waals surface area (Å²) in [5, 5.41) is 1.74. The molecule has 0 aliphatic carbocycles. The average molecular weight is 575 g/mol. The normalized spacial score (nSPS) is 12.6. The summed E-state index contributed by atoms with van der Waals surface area (Å²) in [6.07, 6.45) is 0. The molecule has 0 bridgehead atoms. The molecular formula is C31H49OPPd. The van der Waals surface area contributed by atoms with Gasteiger partial charge in [-0.25, -0.2) is 0 Å². The van der Waals surface area contributed by atoms with Gasteiger partial charge < -0.3 is 4.74 Å². The van der Waals surface area contributed by atoms with Gasteiger partial charge in [-0.1, -0.05) is 109 Å². The molecule has 0 radical (unpaired) electrons. The molecule has 2 aromatic carbocycles. The maximum absolute atomic E-state index is 6.11. The molecule has 0 amide bonds. The topological polar surface area (TPSA) is 9.23 Å². The van der Waals surface area contributed by atoms with Crippen molar-refractivity contribution in [3.63, 3.8) is 0 Å². The number of aryl methyl sites for hydroxylation is 1. The molecule has 2 aromatic rings. The molecule has 0 saturated heterocycles. The van der Waals surface area contributed by atoms with Crippen molar-refractivity contribution >= 4 is 13.2 Å². The minimum absolute atomic E-state index is 0. The summed E-state index contributed by atoms with van der Waals surface area (Å²) in [6.45, 7) is 30.7. The van der Waals surface area contributed by atoms with E-state index < -0.39 is 7.92 Å². The second-order valence-electron chi connectivity index (χ2n) is 12.5. The first-order valence-electron chi connectivity index (χ1n) is 12.7. The quantitative estimate of drug-likeness (QED) is 0.246. The Balaban J connectivity index is 0.00000578. The van der Waals surface area contributed by atoms with Gasteiger partial charge in [0, 0.05) is 25.7 Å². The van der Waals surface area contributed by atoms with Gasteiger partial charge in [0.2, 0.25) is 0 Å². The van der Waals surface area contributed by atoms with Crippen molar-refractivity contribution in [1.82, 2.24) is 0 Å². The van der Waals surface area contributed by atoms with Crippen molar-refractivity contribution in [3.05, 3.63) is 46.5 Å². The Labute approximate surface area is 226 Å². The Morgan fingerprint density at radius 2 is 1.15 bits per heavy atom. The number of hydrogen-bond donors (Lipinski definition) is 0. The van der Waals surface area contributed by atoms with E-state index in [9.17, 15) is 0 Å². The van der Waals surface area contributed by atoms with Gasteiger partial charge in [-0.2, -0.15) is 0 Å². The molecule has 1 nitrogen and oxygen atoms in total. The van der Waals surface area contributed by atoms with Crippen molar-refractivity contribution in [3.8, 4) is 16.9 Å². The second-order valence-corrected chi connectivity index (χ2v) is 16.3. The molecule has 0 unspecified atom stereocenters. The van der Waals surface area contributed by atoms with Crippen LogP contribution in [-0.2, 0) is 20.4 Å². The van der Waals surface area contributed by atoms with E-state index in [1.165, 1.54) is 38.7 Å². The van der Waals surface area contributed by atoms with Crippen LogP contribution in [0, 0.1) is 6.92 Å².